The van der Waals surface area contributed by atoms with E-state index in [0.717, 1.165) is 22.5 Å². The number of halogens is 3. The third-order valence-electron chi connectivity index (χ3n) is 3.07. The fourth-order valence-corrected chi connectivity index (χ4v) is 1.96. The number of rotatable bonds is 5. The molecule has 1 amide bonds. The highest BCUT2D eigenvalue weighted by Crippen LogP contribution is 2.25. The van der Waals surface area contributed by atoms with Gasteiger partial charge in [0.15, 0.2) is 0 Å². The number of hydrogen-bond donors (Lipinski definition) is 1. The van der Waals surface area contributed by atoms with Crippen LogP contribution in [0.1, 0.15) is 11.3 Å². The van der Waals surface area contributed by atoms with Crippen molar-refractivity contribution in [2.45, 2.75) is 19.1 Å². The first-order valence-electron chi connectivity index (χ1n) is 6.81. The summed E-state index contributed by atoms with van der Waals surface area (Å²) in [5.41, 5.74) is -1.75. The van der Waals surface area contributed by atoms with Crippen LogP contribution in [-0.4, -0.2) is 22.0 Å². The van der Waals surface area contributed by atoms with E-state index in [2.05, 4.69) is 10.3 Å². The highest BCUT2D eigenvalue weighted by atomic mass is 19.4. The standard InChI is InChI=1S/C15H14F3N3O2/c16-15(17,18)12-5-3-9-21(14(12)23)10-13(22)20-8-6-11-4-1-2-7-19-11/h1-5,7,9H,6,8,10H2,(H,20,22). The second kappa shape index (κ2) is 7.08. The van der Waals surface area contributed by atoms with Crippen LogP contribution in [0.4, 0.5) is 13.2 Å². The maximum Gasteiger partial charge on any atom is 0.421 e. The highest BCUT2D eigenvalue weighted by Gasteiger charge is 2.34. The minimum Gasteiger partial charge on any atom is -0.354 e. The SMILES string of the molecule is O=C(Cn1cccc(C(F)(F)F)c1=O)NCCc1ccccn1. The fraction of sp³-hybridized carbons (Fsp3) is 0.267. The molecule has 0 aliphatic carbocycles. The Morgan fingerprint density at radius 2 is 2.00 bits per heavy atom. The number of carbonyl (C=O) groups excluding carboxylic acids is 1. The Labute approximate surface area is 129 Å². The molecule has 0 aliphatic rings. The average Bonchev–Trinajstić information content (AvgIpc) is 2.49. The lowest BCUT2D eigenvalue weighted by Gasteiger charge is -2.10. The van der Waals surface area contributed by atoms with E-state index in [0.29, 0.717) is 12.5 Å². The molecule has 23 heavy (non-hydrogen) atoms. The topological polar surface area (TPSA) is 64.0 Å². The Kier molecular flexibility index (Phi) is 5.15. The zero-order valence-corrected chi connectivity index (χ0v) is 12.0. The molecule has 5 nitrogen and oxygen atoms in total. The molecule has 0 saturated heterocycles. The average molecular weight is 325 g/mol. The number of hydrogen-bond acceptors (Lipinski definition) is 3. The van der Waals surface area contributed by atoms with Crippen LogP contribution in [0.5, 0.6) is 0 Å². The van der Waals surface area contributed by atoms with Gasteiger partial charge in [-0.05, 0) is 24.3 Å². The number of aromatic nitrogens is 2. The molecule has 0 bridgehead atoms. The summed E-state index contributed by atoms with van der Waals surface area (Å²) in [7, 11) is 0. The van der Waals surface area contributed by atoms with Gasteiger partial charge in [-0.3, -0.25) is 14.6 Å². The number of alkyl halides is 3. The van der Waals surface area contributed by atoms with Crippen LogP contribution in [0, 0.1) is 0 Å². The summed E-state index contributed by atoms with van der Waals surface area (Å²) >= 11 is 0. The normalized spacial score (nSPS) is 11.3. The van der Waals surface area contributed by atoms with Gasteiger partial charge in [-0.15, -0.1) is 0 Å². The molecule has 2 heterocycles. The zero-order chi connectivity index (χ0) is 16.9. The summed E-state index contributed by atoms with van der Waals surface area (Å²) in [6, 6.07) is 7.15. The largest absolute Gasteiger partial charge is 0.421 e. The van der Waals surface area contributed by atoms with Crippen LogP contribution in [0.15, 0.2) is 47.5 Å². The molecule has 0 aliphatic heterocycles. The Morgan fingerprint density at radius 3 is 2.65 bits per heavy atom. The van der Waals surface area contributed by atoms with Crippen molar-refractivity contribution in [1.29, 1.82) is 0 Å². The van der Waals surface area contributed by atoms with Gasteiger partial charge in [0.05, 0.1) is 0 Å². The molecule has 0 unspecified atom stereocenters. The van der Waals surface area contributed by atoms with Gasteiger partial charge in [-0.1, -0.05) is 6.07 Å². The number of nitrogens with zero attached hydrogens (tertiary/aromatic N) is 2. The van der Waals surface area contributed by atoms with Gasteiger partial charge in [0, 0.05) is 31.1 Å². The van der Waals surface area contributed by atoms with Crippen LogP contribution in [0.2, 0.25) is 0 Å². The third-order valence-corrected chi connectivity index (χ3v) is 3.07. The molecular weight excluding hydrogens is 311 g/mol. The minimum atomic E-state index is -4.74. The minimum absolute atomic E-state index is 0.281. The first kappa shape index (κ1) is 16.7. The lowest BCUT2D eigenvalue weighted by Crippen LogP contribution is -2.35. The second-order valence-corrected chi connectivity index (χ2v) is 4.77. The lowest BCUT2D eigenvalue weighted by atomic mass is 10.2. The Balaban J connectivity index is 1.94. The lowest BCUT2D eigenvalue weighted by molar-refractivity contribution is -0.139. The first-order valence-corrected chi connectivity index (χ1v) is 6.81. The summed E-state index contributed by atoms with van der Waals surface area (Å²) in [5.74, 6) is -0.539. The molecule has 2 aromatic heterocycles. The van der Waals surface area contributed by atoms with E-state index in [1.165, 1.54) is 0 Å². The highest BCUT2D eigenvalue weighted by molar-refractivity contribution is 5.75. The van der Waals surface area contributed by atoms with Gasteiger partial charge in [-0.25, -0.2) is 0 Å². The van der Waals surface area contributed by atoms with E-state index in [-0.39, 0.29) is 6.54 Å². The quantitative estimate of drug-likeness (QED) is 0.909. The summed E-state index contributed by atoms with van der Waals surface area (Å²) in [6.07, 6.45) is -1.48. The summed E-state index contributed by atoms with van der Waals surface area (Å²) in [6.45, 7) is -0.186. The fourth-order valence-electron chi connectivity index (χ4n) is 1.96. The zero-order valence-electron chi connectivity index (χ0n) is 12.0. The van der Waals surface area contributed by atoms with E-state index in [4.69, 9.17) is 0 Å². The molecule has 2 rings (SSSR count). The summed E-state index contributed by atoms with van der Waals surface area (Å²) in [4.78, 5) is 27.5. The second-order valence-electron chi connectivity index (χ2n) is 4.77. The van der Waals surface area contributed by atoms with Crippen molar-refractivity contribution >= 4 is 5.91 Å². The van der Waals surface area contributed by atoms with Crippen molar-refractivity contribution in [3.8, 4) is 0 Å². The molecule has 0 fully saturated rings. The molecule has 0 spiro atoms. The summed E-state index contributed by atoms with van der Waals surface area (Å²) < 4.78 is 38.6. The van der Waals surface area contributed by atoms with Crippen LogP contribution >= 0.6 is 0 Å². The van der Waals surface area contributed by atoms with Crippen molar-refractivity contribution in [2.24, 2.45) is 0 Å². The van der Waals surface area contributed by atoms with Crippen molar-refractivity contribution in [3.05, 3.63) is 64.3 Å². The number of carbonyl (C=O) groups is 1. The predicted molar refractivity (Wildman–Crippen MR) is 76.7 cm³/mol. The molecule has 0 atom stereocenters. The Hall–Kier alpha value is -2.64. The smallest absolute Gasteiger partial charge is 0.354 e. The van der Waals surface area contributed by atoms with Gasteiger partial charge < -0.3 is 9.88 Å². The van der Waals surface area contributed by atoms with E-state index in [1.54, 1.807) is 18.3 Å². The van der Waals surface area contributed by atoms with Crippen molar-refractivity contribution in [3.63, 3.8) is 0 Å². The third kappa shape index (κ3) is 4.67. The van der Waals surface area contributed by atoms with E-state index >= 15 is 0 Å². The van der Waals surface area contributed by atoms with Gasteiger partial charge >= 0.3 is 6.18 Å². The Morgan fingerprint density at radius 1 is 1.22 bits per heavy atom. The van der Waals surface area contributed by atoms with Gasteiger partial charge in [0.2, 0.25) is 5.91 Å². The summed E-state index contributed by atoms with van der Waals surface area (Å²) in [5, 5.41) is 2.55. The van der Waals surface area contributed by atoms with Crippen LogP contribution in [-0.2, 0) is 23.9 Å². The number of amides is 1. The molecule has 0 radical (unpaired) electrons. The molecule has 8 heteroatoms. The molecule has 2 aromatic rings. The monoisotopic (exact) mass is 325 g/mol. The molecular formula is C15H14F3N3O2. The van der Waals surface area contributed by atoms with Crippen LogP contribution in [0.25, 0.3) is 0 Å². The number of pyridine rings is 2. The maximum absolute atomic E-state index is 12.6. The number of nitrogens with one attached hydrogen (secondary N) is 1. The van der Waals surface area contributed by atoms with Crippen molar-refractivity contribution in [2.75, 3.05) is 6.54 Å². The van der Waals surface area contributed by atoms with Crippen molar-refractivity contribution in [1.82, 2.24) is 14.9 Å². The van der Waals surface area contributed by atoms with Gasteiger partial charge in [0.25, 0.3) is 5.56 Å². The molecule has 1 N–H and O–H groups in total. The first-order chi connectivity index (χ1) is 10.9. The molecule has 0 saturated carbocycles. The molecule has 0 aromatic carbocycles. The Bertz CT molecular complexity index is 727. The van der Waals surface area contributed by atoms with Crippen molar-refractivity contribution < 1.29 is 18.0 Å². The van der Waals surface area contributed by atoms with E-state index in [1.807, 2.05) is 6.07 Å². The maximum atomic E-state index is 12.6. The van der Waals surface area contributed by atoms with E-state index < -0.39 is 29.8 Å². The predicted octanol–water partition coefficient (Wildman–Crippen LogP) is 1.62. The van der Waals surface area contributed by atoms with Gasteiger partial charge in [-0.2, -0.15) is 13.2 Å². The van der Waals surface area contributed by atoms with Crippen LogP contribution in [0.3, 0.4) is 0 Å². The molecule has 122 valence electrons. The van der Waals surface area contributed by atoms with Gasteiger partial charge in [0.1, 0.15) is 12.1 Å². The van der Waals surface area contributed by atoms with E-state index in [9.17, 15) is 22.8 Å². The van der Waals surface area contributed by atoms with Crippen LogP contribution < -0.4 is 10.9 Å².